The Morgan fingerprint density at radius 3 is 2.67 bits per heavy atom. The van der Waals surface area contributed by atoms with E-state index in [1.54, 1.807) is 11.8 Å². The smallest absolute Gasteiger partial charge is 0.347 e. The standard InChI is InChI=1S/C7H9N3O2S3/c1-4-5(10(11)12)14-6(8-4)15-7(13)9(2)3/h1-3H3. The van der Waals surface area contributed by atoms with Crippen LogP contribution >= 0.6 is 35.3 Å². The number of nitrogens with zero attached hydrogens (tertiary/aromatic N) is 3. The van der Waals surface area contributed by atoms with Crippen molar-refractivity contribution in [1.29, 1.82) is 0 Å². The molecule has 82 valence electrons. The maximum absolute atomic E-state index is 10.6. The minimum absolute atomic E-state index is 0.0825. The van der Waals surface area contributed by atoms with Gasteiger partial charge < -0.3 is 4.90 Å². The first-order valence-electron chi connectivity index (χ1n) is 3.92. The van der Waals surface area contributed by atoms with Crippen LogP contribution in [0.3, 0.4) is 0 Å². The van der Waals surface area contributed by atoms with Crippen LogP contribution < -0.4 is 0 Å². The van der Waals surface area contributed by atoms with Gasteiger partial charge in [-0.25, -0.2) is 4.98 Å². The molecular weight excluding hydrogens is 254 g/mol. The molecule has 1 rings (SSSR count). The molecule has 0 amide bonds. The Bertz CT molecular complexity index is 402. The topological polar surface area (TPSA) is 59.3 Å². The summed E-state index contributed by atoms with van der Waals surface area (Å²) in [5.41, 5.74) is 0.439. The molecule has 1 aromatic rings. The minimum atomic E-state index is -0.421. The first-order chi connectivity index (χ1) is 6.91. The number of aryl methyl sites for hydroxylation is 1. The quantitative estimate of drug-likeness (QED) is 0.353. The first kappa shape index (κ1) is 12.3. The monoisotopic (exact) mass is 263 g/mol. The zero-order valence-electron chi connectivity index (χ0n) is 8.38. The molecule has 0 aliphatic heterocycles. The lowest BCUT2D eigenvalue weighted by Gasteiger charge is -2.10. The molecule has 0 fully saturated rings. The fourth-order valence-electron chi connectivity index (χ4n) is 0.743. The number of rotatable bonds is 2. The van der Waals surface area contributed by atoms with Crippen LogP contribution in [0.25, 0.3) is 0 Å². The van der Waals surface area contributed by atoms with Crippen LogP contribution in [0.1, 0.15) is 5.69 Å². The van der Waals surface area contributed by atoms with Crippen LogP contribution in [0.15, 0.2) is 4.34 Å². The van der Waals surface area contributed by atoms with Gasteiger partial charge in [0.25, 0.3) is 0 Å². The third-order valence-electron chi connectivity index (χ3n) is 1.46. The van der Waals surface area contributed by atoms with Gasteiger partial charge in [-0.15, -0.1) is 0 Å². The predicted octanol–water partition coefficient (Wildman–Crippen LogP) is 2.30. The third kappa shape index (κ3) is 3.11. The number of thioether (sulfide) groups is 1. The van der Waals surface area contributed by atoms with Gasteiger partial charge in [0, 0.05) is 14.1 Å². The summed E-state index contributed by atoms with van der Waals surface area (Å²) in [6, 6.07) is 0. The molecule has 0 bridgehead atoms. The highest BCUT2D eigenvalue weighted by Crippen LogP contribution is 2.33. The van der Waals surface area contributed by atoms with Gasteiger partial charge in [0.15, 0.2) is 4.34 Å². The fraction of sp³-hybridized carbons (Fsp3) is 0.429. The van der Waals surface area contributed by atoms with Crippen molar-refractivity contribution in [2.75, 3.05) is 14.1 Å². The van der Waals surface area contributed by atoms with Gasteiger partial charge in [-0.05, 0) is 30.0 Å². The number of aromatic nitrogens is 1. The van der Waals surface area contributed by atoms with Crippen LogP contribution in [-0.2, 0) is 0 Å². The van der Waals surface area contributed by atoms with Crippen LogP contribution in [0, 0.1) is 17.0 Å². The van der Waals surface area contributed by atoms with Crippen molar-refractivity contribution >= 4 is 44.6 Å². The fourth-order valence-corrected chi connectivity index (χ4v) is 2.91. The highest BCUT2D eigenvalue weighted by Gasteiger charge is 2.18. The van der Waals surface area contributed by atoms with Crippen molar-refractivity contribution in [2.45, 2.75) is 11.3 Å². The summed E-state index contributed by atoms with van der Waals surface area (Å²) in [4.78, 5) is 16.0. The van der Waals surface area contributed by atoms with E-state index in [1.165, 1.54) is 11.8 Å². The molecule has 0 N–H and O–H groups in total. The predicted molar refractivity (Wildman–Crippen MR) is 65.6 cm³/mol. The molecule has 0 saturated heterocycles. The largest absolute Gasteiger partial charge is 0.363 e. The molecular formula is C7H9N3O2S3. The first-order valence-corrected chi connectivity index (χ1v) is 5.97. The van der Waals surface area contributed by atoms with E-state index in [0.29, 0.717) is 14.4 Å². The number of hydrogen-bond acceptors (Lipinski definition) is 6. The molecule has 1 heterocycles. The van der Waals surface area contributed by atoms with Crippen molar-refractivity contribution < 1.29 is 4.92 Å². The zero-order valence-corrected chi connectivity index (χ0v) is 10.8. The summed E-state index contributed by atoms with van der Waals surface area (Å²) in [6.45, 7) is 1.62. The maximum atomic E-state index is 10.6. The lowest BCUT2D eigenvalue weighted by molar-refractivity contribution is -0.380. The molecule has 1 aromatic heterocycles. The summed E-state index contributed by atoms with van der Waals surface area (Å²) in [5.74, 6) is 0. The van der Waals surface area contributed by atoms with E-state index in [1.807, 2.05) is 14.1 Å². The lowest BCUT2D eigenvalue weighted by Crippen LogP contribution is -2.15. The second-order valence-corrected chi connectivity index (χ2v) is 5.75. The average Bonchev–Trinajstić information content (AvgIpc) is 2.46. The molecule has 0 spiro atoms. The lowest BCUT2D eigenvalue weighted by atomic mass is 10.5. The Kier molecular flexibility index (Phi) is 4.00. The van der Waals surface area contributed by atoms with Crippen LogP contribution in [0.4, 0.5) is 5.00 Å². The van der Waals surface area contributed by atoms with Gasteiger partial charge in [0.2, 0.25) is 0 Å². The van der Waals surface area contributed by atoms with Crippen molar-refractivity contribution in [3.8, 4) is 0 Å². The normalized spacial score (nSPS) is 10.1. The van der Waals surface area contributed by atoms with Gasteiger partial charge in [0.1, 0.15) is 10.0 Å². The van der Waals surface area contributed by atoms with Crippen LogP contribution in [-0.4, -0.2) is 33.2 Å². The maximum Gasteiger partial charge on any atom is 0.347 e. The van der Waals surface area contributed by atoms with E-state index < -0.39 is 4.92 Å². The van der Waals surface area contributed by atoms with Crippen molar-refractivity contribution in [2.24, 2.45) is 0 Å². The number of nitro groups is 1. The Morgan fingerprint density at radius 1 is 1.67 bits per heavy atom. The minimum Gasteiger partial charge on any atom is -0.363 e. The van der Waals surface area contributed by atoms with Crippen LogP contribution in [0.5, 0.6) is 0 Å². The summed E-state index contributed by atoms with van der Waals surface area (Å²) < 4.78 is 1.25. The van der Waals surface area contributed by atoms with Crippen molar-refractivity contribution in [3.05, 3.63) is 15.8 Å². The third-order valence-corrected chi connectivity index (χ3v) is 4.28. The molecule has 0 aromatic carbocycles. The van der Waals surface area contributed by atoms with Crippen LogP contribution in [0.2, 0.25) is 0 Å². The highest BCUT2D eigenvalue weighted by atomic mass is 32.2. The number of hydrogen-bond donors (Lipinski definition) is 0. The summed E-state index contributed by atoms with van der Waals surface area (Å²) >= 11 is 7.38. The van der Waals surface area contributed by atoms with Gasteiger partial charge in [-0.1, -0.05) is 12.2 Å². The molecule has 15 heavy (non-hydrogen) atoms. The Hall–Kier alpha value is -0.730. The van der Waals surface area contributed by atoms with E-state index in [0.717, 1.165) is 11.3 Å². The van der Waals surface area contributed by atoms with Gasteiger partial charge in [-0.2, -0.15) is 0 Å². The SMILES string of the molecule is Cc1nc(SC(=S)N(C)C)sc1[N+](=O)[O-]. The number of thiocarbonyl (C=S) groups is 1. The molecule has 0 aliphatic carbocycles. The Labute approximate surface area is 101 Å². The van der Waals surface area contributed by atoms with Crippen molar-refractivity contribution in [3.63, 3.8) is 0 Å². The van der Waals surface area contributed by atoms with E-state index >= 15 is 0 Å². The molecule has 0 aliphatic rings. The molecule has 0 atom stereocenters. The van der Waals surface area contributed by atoms with Gasteiger partial charge >= 0.3 is 5.00 Å². The second-order valence-electron chi connectivity index (χ2n) is 2.89. The van der Waals surface area contributed by atoms with Gasteiger partial charge in [-0.3, -0.25) is 10.1 Å². The highest BCUT2D eigenvalue weighted by molar-refractivity contribution is 8.23. The summed E-state index contributed by atoms with van der Waals surface area (Å²) in [7, 11) is 3.65. The average molecular weight is 263 g/mol. The second kappa shape index (κ2) is 4.86. The zero-order chi connectivity index (χ0) is 11.6. The molecule has 0 saturated carbocycles. The molecule has 0 unspecified atom stereocenters. The van der Waals surface area contributed by atoms with E-state index in [4.69, 9.17) is 12.2 Å². The molecule has 8 heteroatoms. The van der Waals surface area contributed by atoms with E-state index in [-0.39, 0.29) is 5.00 Å². The molecule has 5 nitrogen and oxygen atoms in total. The van der Waals surface area contributed by atoms with Gasteiger partial charge in [0.05, 0.1) is 4.92 Å². The van der Waals surface area contributed by atoms with E-state index in [9.17, 15) is 10.1 Å². The molecule has 0 radical (unpaired) electrons. The van der Waals surface area contributed by atoms with Crippen molar-refractivity contribution in [1.82, 2.24) is 9.88 Å². The number of thiazole rings is 1. The van der Waals surface area contributed by atoms with E-state index in [2.05, 4.69) is 4.98 Å². The summed E-state index contributed by atoms with van der Waals surface area (Å²) in [5, 5.41) is 10.7. The summed E-state index contributed by atoms with van der Waals surface area (Å²) in [6.07, 6.45) is 0. The Balaban J connectivity index is 2.84. The Morgan fingerprint density at radius 2 is 2.27 bits per heavy atom.